The molecule has 2 nitrogen and oxygen atoms in total. The van der Waals surface area contributed by atoms with E-state index in [1.807, 2.05) is 0 Å². The van der Waals surface area contributed by atoms with Crippen LogP contribution in [0.15, 0.2) is 24.3 Å². The van der Waals surface area contributed by atoms with E-state index < -0.39 is 0 Å². The molecule has 0 radical (unpaired) electrons. The third-order valence-electron chi connectivity index (χ3n) is 4.77. The van der Waals surface area contributed by atoms with Gasteiger partial charge < -0.3 is 9.80 Å². The summed E-state index contributed by atoms with van der Waals surface area (Å²) in [5, 5.41) is 0. The van der Waals surface area contributed by atoms with E-state index >= 15 is 0 Å². The number of piperidine rings is 1. The number of rotatable bonds is 6. The van der Waals surface area contributed by atoms with E-state index in [0.717, 1.165) is 12.5 Å². The molecule has 0 saturated carbocycles. The van der Waals surface area contributed by atoms with Gasteiger partial charge in [-0.15, -0.1) is 0 Å². The number of benzene rings is 1. The number of likely N-dealkylation sites (tertiary alicyclic amines) is 1. The molecule has 1 fully saturated rings. The van der Waals surface area contributed by atoms with Gasteiger partial charge in [0.15, 0.2) is 0 Å². The Labute approximate surface area is 131 Å². The van der Waals surface area contributed by atoms with Gasteiger partial charge >= 0.3 is 0 Å². The summed E-state index contributed by atoms with van der Waals surface area (Å²) >= 11 is 0. The number of nitrogens with zero attached hydrogens (tertiary/aromatic N) is 2. The Morgan fingerprint density at radius 2 is 1.76 bits per heavy atom. The Hall–Kier alpha value is -0.860. The summed E-state index contributed by atoms with van der Waals surface area (Å²) in [7, 11) is 2.24. The summed E-state index contributed by atoms with van der Waals surface area (Å²) < 4.78 is 0. The van der Waals surface area contributed by atoms with Crippen molar-refractivity contribution in [1.82, 2.24) is 9.80 Å². The van der Waals surface area contributed by atoms with E-state index in [4.69, 9.17) is 0 Å². The predicted octanol–water partition coefficient (Wildman–Crippen LogP) is 3.97. The lowest BCUT2D eigenvalue weighted by atomic mass is 9.99. The second-order valence-corrected chi connectivity index (χ2v) is 7.16. The monoisotopic (exact) mass is 288 g/mol. The Balaban J connectivity index is 1.72. The first-order valence-electron chi connectivity index (χ1n) is 8.54. The highest BCUT2D eigenvalue weighted by Gasteiger charge is 2.15. The molecule has 0 atom stereocenters. The average molecular weight is 288 g/mol. The predicted molar refractivity (Wildman–Crippen MR) is 91.7 cm³/mol. The maximum atomic E-state index is 2.62. The molecule has 1 aliphatic rings. The van der Waals surface area contributed by atoms with Crippen LogP contribution in [0.25, 0.3) is 0 Å². The molecule has 1 aromatic carbocycles. The summed E-state index contributed by atoms with van der Waals surface area (Å²) in [4.78, 5) is 5.07. The minimum Gasteiger partial charge on any atom is -0.302 e. The molecule has 2 heteroatoms. The lowest BCUT2D eigenvalue weighted by Crippen LogP contribution is -2.38. The number of likely N-dealkylation sites (N-methyl/N-ethyl adjacent to an activating group) is 1. The Morgan fingerprint density at radius 1 is 1.14 bits per heavy atom. The molecule has 0 N–H and O–H groups in total. The molecular weight excluding hydrogens is 256 g/mol. The van der Waals surface area contributed by atoms with Crippen molar-refractivity contribution in [2.75, 3.05) is 33.2 Å². The first-order valence-corrected chi connectivity index (χ1v) is 8.54. The van der Waals surface area contributed by atoms with Crippen LogP contribution in [0.4, 0.5) is 0 Å². The topological polar surface area (TPSA) is 6.48 Å². The third-order valence-corrected chi connectivity index (χ3v) is 4.77. The molecular formula is C19H32N2. The van der Waals surface area contributed by atoms with Crippen molar-refractivity contribution in [3.63, 3.8) is 0 Å². The van der Waals surface area contributed by atoms with Gasteiger partial charge in [-0.05, 0) is 55.9 Å². The van der Waals surface area contributed by atoms with Crippen molar-refractivity contribution in [3.05, 3.63) is 35.4 Å². The molecule has 1 heterocycles. The quantitative estimate of drug-likeness (QED) is 0.781. The van der Waals surface area contributed by atoms with E-state index in [1.54, 1.807) is 0 Å². The molecule has 21 heavy (non-hydrogen) atoms. The van der Waals surface area contributed by atoms with Gasteiger partial charge in [0.05, 0.1) is 0 Å². The average Bonchev–Trinajstić information content (AvgIpc) is 2.47. The highest BCUT2D eigenvalue weighted by atomic mass is 15.2. The van der Waals surface area contributed by atoms with Crippen LogP contribution in [0.3, 0.4) is 0 Å². The SMILES string of the molecule is CC1CCN(CCN(C)Cc2ccc(C(C)C)cc2)CC1. The third kappa shape index (κ3) is 5.44. The van der Waals surface area contributed by atoms with E-state index in [9.17, 15) is 0 Å². The Bertz CT molecular complexity index is 402. The second-order valence-electron chi connectivity index (χ2n) is 7.16. The molecule has 0 bridgehead atoms. The highest BCUT2D eigenvalue weighted by molar-refractivity contribution is 5.24. The smallest absolute Gasteiger partial charge is 0.0231 e. The van der Waals surface area contributed by atoms with Crippen LogP contribution in [0.2, 0.25) is 0 Å². The molecule has 0 amide bonds. The van der Waals surface area contributed by atoms with E-state index in [0.29, 0.717) is 5.92 Å². The van der Waals surface area contributed by atoms with Crippen LogP contribution in [-0.4, -0.2) is 43.0 Å². The molecule has 0 aromatic heterocycles. The summed E-state index contributed by atoms with van der Waals surface area (Å²) in [6, 6.07) is 9.13. The zero-order valence-electron chi connectivity index (χ0n) is 14.3. The summed E-state index contributed by atoms with van der Waals surface area (Å²) in [5.41, 5.74) is 2.86. The van der Waals surface area contributed by atoms with Crippen molar-refractivity contribution in [2.24, 2.45) is 5.92 Å². The second kappa shape index (κ2) is 7.95. The summed E-state index contributed by atoms with van der Waals surface area (Å²) in [6.45, 7) is 12.9. The molecule has 0 unspecified atom stereocenters. The fourth-order valence-corrected chi connectivity index (χ4v) is 3.00. The molecule has 2 rings (SSSR count). The maximum absolute atomic E-state index is 2.62. The molecule has 118 valence electrons. The zero-order valence-corrected chi connectivity index (χ0v) is 14.3. The van der Waals surface area contributed by atoms with Gasteiger partial charge in [0, 0.05) is 19.6 Å². The van der Waals surface area contributed by atoms with E-state index in [2.05, 4.69) is 61.9 Å². The maximum Gasteiger partial charge on any atom is 0.0231 e. The normalized spacial score (nSPS) is 17.8. The van der Waals surface area contributed by atoms with Gasteiger partial charge in [0.1, 0.15) is 0 Å². The highest BCUT2D eigenvalue weighted by Crippen LogP contribution is 2.17. The van der Waals surface area contributed by atoms with Gasteiger partial charge in [0.2, 0.25) is 0 Å². The lowest BCUT2D eigenvalue weighted by Gasteiger charge is -2.31. The van der Waals surface area contributed by atoms with Crippen molar-refractivity contribution in [1.29, 1.82) is 0 Å². The van der Waals surface area contributed by atoms with Crippen molar-refractivity contribution in [3.8, 4) is 0 Å². The minimum absolute atomic E-state index is 0.623. The Morgan fingerprint density at radius 3 is 2.33 bits per heavy atom. The van der Waals surface area contributed by atoms with Gasteiger partial charge in [-0.1, -0.05) is 45.0 Å². The van der Waals surface area contributed by atoms with Gasteiger partial charge in [-0.25, -0.2) is 0 Å². The van der Waals surface area contributed by atoms with E-state index in [-0.39, 0.29) is 0 Å². The van der Waals surface area contributed by atoms with Crippen molar-refractivity contribution < 1.29 is 0 Å². The lowest BCUT2D eigenvalue weighted by molar-refractivity contribution is 0.169. The standard InChI is InChI=1S/C19H32N2/c1-16(2)19-7-5-18(6-8-19)15-20(4)13-14-21-11-9-17(3)10-12-21/h5-8,16-17H,9-15H2,1-4H3. The first kappa shape index (κ1) is 16.5. The largest absolute Gasteiger partial charge is 0.302 e. The minimum atomic E-state index is 0.623. The Kier molecular flexibility index (Phi) is 6.25. The summed E-state index contributed by atoms with van der Waals surface area (Å²) in [5.74, 6) is 1.55. The molecule has 1 aliphatic heterocycles. The van der Waals surface area contributed by atoms with Crippen LogP contribution in [0.5, 0.6) is 0 Å². The fraction of sp³-hybridized carbons (Fsp3) is 0.684. The van der Waals surface area contributed by atoms with Crippen LogP contribution in [0, 0.1) is 5.92 Å². The van der Waals surface area contributed by atoms with E-state index in [1.165, 1.54) is 50.1 Å². The zero-order chi connectivity index (χ0) is 15.2. The van der Waals surface area contributed by atoms with Crippen LogP contribution in [0.1, 0.15) is 50.7 Å². The van der Waals surface area contributed by atoms with Crippen molar-refractivity contribution >= 4 is 0 Å². The molecule has 1 aromatic rings. The van der Waals surface area contributed by atoms with Crippen LogP contribution in [-0.2, 0) is 6.54 Å². The van der Waals surface area contributed by atoms with Crippen LogP contribution < -0.4 is 0 Å². The number of hydrogen-bond donors (Lipinski definition) is 0. The summed E-state index contributed by atoms with van der Waals surface area (Å²) in [6.07, 6.45) is 2.75. The van der Waals surface area contributed by atoms with Gasteiger partial charge in [0.25, 0.3) is 0 Å². The van der Waals surface area contributed by atoms with Crippen molar-refractivity contribution in [2.45, 2.75) is 46.1 Å². The molecule has 0 aliphatic carbocycles. The van der Waals surface area contributed by atoms with Gasteiger partial charge in [-0.2, -0.15) is 0 Å². The molecule has 1 saturated heterocycles. The van der Waals surface area contributed by atoms with Gasteiger partial charge in [-0.3, -0.25) is 0 Å². The fourth-order valence-electron chi connectivity index (χ4n) is 3.00. The molecule has 0 spiro atoms. The number of hydrogen-bond acceptors (Lipinski definition) is 2. The first-order chi connectivity index (χ1) is 10.0. The van der Waals surface area contributed by atoms with Crippen LogP contribution >= 0.6 is 0 Å².